The zero-order valence-electron chi connectivity index (χ0n) is 9.70. The van der Waals surface area contributed by atoms with Crippen molar-refractivity contribution < 1.29 is 13.6 Å². The molecule has 0 aromatic carbocycles. The van der Waals surface area contributed by atoms with Crippen LogP contribution < -0.4 is 10.6 Å². The van der Waals surface area contributed by atoms with Gasteiger partial charge in [0.05, 0.1) is 5.69 Å². The zero-order valence-corrected chi connectivity index (χ0v) is 9.70. The fourth-order valence-corrected chi connectivity index (χ4v) is 2.45. The molecule has 0 saturated heterocycles. The van der Waals surface area contributed by atoms with Crippen molar-refractivity contribution in [3.63, 3.8) is 0 Å². The van der Waals surface area contributed by atoms with Gasteiger partial charge in [-0.2, -0.15) is 5.10 Å². The van der Waals surface area contributed by atoms with Crippen LogP contribution in [0.4, 0.5) is 8.78 Å². The van der Waals surface area contributed by atoms with Gasteiger partial charge >= 0.3 is 0 Å². The molecule has 98 valence electrons. The highest BCUT2D eigenvalue weighted by atomic mass is 19.3. The number of hydrogen-bond donors (Lipinski definition) is 2. The maximum atomic E-state index is 12.7. The topological polar surface area (TPSA) is 59.0 Å². The van der Waals surface area contributed by atoms with E-state index in [1.807, 2.05) is 6.07 Å². The predicted molar refractivity (Wildman–Crippen MR) is 59.1 cm³/mol. The third-order valence-corrected chi connectivity index (χ3v) is 3.43. The molecule has 2 N–H and O–H groups in total. The predicted octanol–water partition coefficient (Wildman–Crippen LogP) is 0.441. The number of carbonyl (C=O) groups excluding carboxylic acids is 1. The van der Waals surface area contributed by atoms with Crippen molar-refractivity contribution in [3.8, 4) is 0 Å². The number of halogens is 2. The van der Waals surface area contributed by atoms with Crippen molar-refractivity contribution >= 4 is 5.91 Å². The summed E-state index contributed by atoms with van der Waals surface area (Å²) in [6.07, 6.45) is 1.12. The third kappa shape index (κ3) is 1.98. The number of rotatable bonds is 2. The minimum atomic E-state index is -2.61. The van der Waals surface area contributed by atoms with Crippen molar-refractivity contribution in [1.29, 1.82) is 0 Å². The van der Waals surface area contributed by atoms with Crippen LogP contribution in [0, 0.1) is 0 Å². The van der Waals surface area contributed by atoms with Gasteiger partial charge in [-0.15, -0.1) is 0 Å². The summed E-state index contributed by atoms with van der Waals surface area (Å²) in [4.78, 5) is 12.0. The number of aromatic nitrogens is 2. The fraction of sp³-hybridized carbons (Fsp3) is 0.636. The van der Waals surface area contributed by atoms with E-state index in [0.717, 1.165) is 5.69 Å². The van der Waals surface area contributed by atoms with Crippen LogP contribution in [0.1, 0.15) is 24.6 Å². The van der Waals surface area contributed by atoms with Gasteiger partial charge in [-0.1, -0.05) is 0 Å². The van der Waals surface area contributed by atoms with E-state index in [9.17, 15) is 13.6 Å². The van der Waals surface area contributed by atoms with Gasteiger partial charge in [0.15, 0.2) is 0 Å². The minimum absolute atomic E-state index is 0.243. The summed E-state index contributed by atoms with van der Waals surface area (Å²) in [7, 11) is 0. The molecule has 1 atom stereocenters. The Kier molecular flexibility index (Phi) is 2.58. The largest absolute Gasteiger partial charge is 0.351 e. The summed E-state index contributed by atoms with van der Waals surface area (Å²) in [5, 5.41) is 9.87. The molecule has 2 heterocycles. The van der Waals surface area contributed by atoms with Crippen LogP contribution in [0.3, 0.4) is 0 Å². The number of fused-ring (bicyclic) bond motifs is 1. The van der Waals surface area contributed by atoms with E-state index in [1.165, 1.54) is 0 Å². The van der Waals surface area contributed by atoms with Gasteiger partial charge in [-0.3, -0.25) is 9.48 Å². The van der Waals surface area contributed by atoms with Crippen molar-refractivity contribution in [2.24, 2.45) is 0 Å². The van der Waals surface area contributed by atoms with Crippen LogP contribution >= 0.6 is 0 Å². The summed E-state index contributed by atoms with van der Waals surface area (Å²) in [5.74, 6) is -2.85. The average molecular weight is 256 g/mol. The summed E-state index contributed by atoms with van der Waals surface area (Å²) in [5.41, 5.74) is 0.931. The van der Waals surface area contributed by atoms with Crippen molar-refractivity contribution in [2.45, 2.75) is 37.4 Å². The summed E-state index contributed by atoms with van der Waals surface area (Å²) >= 11 is 0. The van der Waals surface area contributed by atoms with E-state index in [1.54, 1.807) is 10.9 Å². The summed E-state index contributed by atoms with van der Waals surface area (Å²) < 4.78 is 27.0. The van der Waals surface area contributed by atoms with Gasteiger partial charge in [0, 0.05) is 38.2 Å². The smallest absolute Gasteiger partial charge is 0.252 e. The van der Waals surface area contributed by atoms with E-state index < -0.39 is 18.0 Å². The molecule has 0 bridgehead atoms. The second kappa shape index (κ2) is 4.01. The van der Waals surface area contributed by atoms with E-state index in [2.05, 4.69) is 15.7 Å². The highest BCUT2D eigenvalue weighted by Crippen LogP contribution is 2.37. The number of alkyl halides is 2. The van der Waals surface area contributed by atoms with E-state index in [0.29, 0.717) is 13.1 Å². The molecule has 1 aliphatic heterocycles. The van der Waals surface area contributed by atoms with Gasteiger partial charge in [-0.05, 0) is 6.07 Å². The van der Waals surface area contributed by atoms with E-state index >= 15 is 0 Å². The molecular weight excluding hydrogens is 242 g/mol. The Labute approximate surface area is 103 Å². The second-order valence-electron chi connectivity index (χ2n) is 4.88. The van der Waals surface area contributed by atoms with Crippen molar-refractivity contribution in [2.75, 3.05) is 6.54 Å². The number of amides is 1. The summed E-state index contributed by atoms with van der Waals surface area (Å²) in [6.45, 7) is 1.15. The van der Waals surface area contributed by atoms with Crippen LogP contribution in [0.2, 0.25) is 0 Å². The van der Waals surface area contributed by atoms with E-state index in [-0.39, 0.29) is 18.7 Å². The van der Waals surface area contributed by atoms with Crippen LogP contribution in [0.15, 0.2) is 12.3 Å². The van der Waals surface area contributed by atoms with Gasteiger partial charge in [0.25, 0.3) is 5.92 Å². The molecule has 1 saturated carbocycles. The van der Waals surface area contributed by atoms with Gasteiger partial charge in [0.2, 0.25) is 5.91 Å². The Morgan fingerprint density at radius 1 is 1.56 bits per heavy atom. The summed E-state index contributed by atoms with van der Waals surface area (Å²) in [6, 6.07) is 0.982. The van der Waals surface area contributed by atoms with Gasteiger partial charge in [0.1, 0.15) is 6.04 Å². The number of hydrogen-bond acceptors (Lipinski definition) is 3. The Hall–Kier alpha value is -1.50. The Morgan fingerprint density at radius 2 is 2.33 bits per heavy atom. The number of carbonyl (C=O) groups is 1. The van der Waals surface area contributed by atoms with E-state index in [4.69, 9.17) is 0 Å². The molecule has 1 aliphatic carbocycles. The van der Waals surface area contributed by atoms with Crippen molar-refractivity contribution in [3.05, 3.63) is 18.0 Å². The lowest BCUT2D eigenvalue weighted by Crippen LogP contribution is -2.53. The fourth-order valence-electron chi connectivity index (χ4n) is 2.45. The molecular formula is C11H14F2N4O. The first-order chi connectivity index (χ1) is 8.55. The SMILES string of the molecule is O=C(NC1CC(F)(F)C1)C1CNCc2ccnn21. The average Bonchev–Trinajstić information content (AvgIpc) is 2.73. The molecule has 1 fully saturated rings. The lowest BCUT2D eigenvalue weighted by atomic mass is 9.88. The molecule has 2 aliphatic rings. The lowest BCUT2D eigenvalue weighted by Gasteiger charge is -2.36. The molecule has 1 aromatic heterocycles. The highest BCUT2D eigenvalue weighted by Gasteiger charge is 2.46. The number of nitrogens with zero attached hydrogens (tertiary/aromatic N) is 2. The normalized spacial score (nSPS) is 26.2. The third-order valence-electron chi connectivity index (χ3n) is 3.43. The van der Waals surface area contributed by atoms with Crippen LogP contribution in [-0.2, 0) is 11.3 Å². The molecule has 1 aromatic rings. The second-order valence-corrected chi connectivity index (χ2v) is 4.88. The first-order valence-corrected chi connectivity index (χ1v) is 5.96. The van der Waals surface area contributed by atoms with Gasteiger partial charge in [-0.25, -0.2) is 8.78 Å². The standard InChI is InChI=1S/C11H14F2N4O/c12-11(13)3-7(4-11)16-10(18)9-6-14-5-8-1-2-15-17(8)9/h1-2,7,9,14H,3-6H2,(H,16,18). The Balaban J connectivity index is 1.65. The highest BCUT2D eigenvalue weighted by molar-refractivity contribution is 5.81. The molecule has 7 heteroatoms. The molecule has 3 rings (SSSR count). The van der Waals surface area contributed by atoms with Crippen LogP contribution in [0.5, 0.6) is 0 Å². The maximum absolute atomic E-state index is 12.7. The monoisotopic (exact) mass is 256 g/mol. The molecule has 18 heavy (non-hydrogen) atoms. The molecule has 1 unspecified atom stereocenters. The van der Waals surface area contributed by atoms with Crippen LogP contribution in [0.25, 0.3) is 0 Å². The van der Waals surface area contributed by atoms with Gasteiger partial charge < -0.3 is 10.6 Å². The Morgan fingerprint density at radius 3 is 3.06 bits per heavy atom. The molecule has 5 nitrogen and oxygen atoms in total. The molecule has 0 radical (unpaired) electrons. The quantitative estimate of drug-likeness (QED) is 0.807. The zero-order chi connectivity index (χ0) is 12.8. The maximum Gasteiger partial charge on any atom is 0.252 e. The molecule has 0 spiro atoms. The van der Waals surface area contributed by atoms with Crippen LogP contribution in [-0.4, -0.2) is 34.2 Å². The lowest BCUT2D eigenvalue weighted by molar-refractivity contribution is -0.132. The molecule has 1 amide bonds. The first-order valence-electron chi connectivity index (χ1n) is 5.96. The van der Waals surface area contributed by atoms with Crippen molar-refractivity contribution in [1.82, 2.24) is 20.4 Å². The number of nitrogens with one attached hydrogen (secondary N) is 2. The first kappa shape index (κ1) is 11.6. The Bertz CT molecular complexity index is 465. The minimum Gasteiger partial charge on any atom is -0.351 e.